The SMILES string of the molecule is COP1(=O)CCC(N2CCC(N(c3cc(C(C)(C)C)sc3C(=O)O)C(=O)[C@H]3CC[C@H](C)CC3)CC2)CC1. The summed E-state index contributed by atoms with van der Waals surface area (Å²) in [5.41, 5.74) is 0.414. The van der Waals surface area contributed by atoms with Crippen molar-refractivity contribution in [2.45, 2.75) is 96.6 Å². The van der Waals surface area contributed by atoms with Gasteiger partial charge < -0.3 is 19.4 Å². The van der Waals surface area contributed by atoms with E-state index in [4.69, 9.17) is 4.52 Å². The summed E-state index contributed by atoms with van der Waals surface area (Å²) < 4.78 is 17.9. The Morgan fingerprint density at radius 2 is 1.65 bits per heavy atom. The zero-order valence-corrected chi connectivity index (χ0v) is 24.9. The highest BCUT2D eigenvalue weighted by atomic mass is 32.1. The van der Waals surface area contributed by atoms with Gasteiger partial charge in [0.05, 0.1) is 5.69 Å². The Morgan fingerprint density at radius 1 is 1.05 bits per heavy atom. The fourth-order valence-corrected chi connectivity index (χ4v) is 9.30. The summed E-state index contributed by atoms with van der Waals surface area (Å²) in [6.07, 6.45) is 8.60. The minimum absolute atomic E-state index is 0.00252. The average Bonchev–Trinajstić information content (AvgIpc) is 3.32. The van der Waals surface area contributed by atoms with E-state index in [2.05, 4.69) is 32.6 Å². The zero-order valence-electron chi connectivity index (χ0n) is 23.2. The molecule has 0 unspecified atom stereocenters. The summed E-state index contributed by atoms with van der Waals surface area (Å²) in [4.78, 5) is 32.1. The molecule has 0 radical (unpaired) electrons. The van der Waals surface area contributed by atoms with Crippen molar-refractivity contribution in [1.82, 2.24) is 4.90 Å². The lowest BCUT2D eigenvalue weighted by Gasteiger charge is -2.44. The first-order chi connectivity index (χ1) is 17.4. The van der Waals surface area contributed by atoms with Crippen LogP contribution in [0.2, 0.25) is 0 Å². The molecule has 37 heavy (non-hydrogen) atoms. The van der Waals surface area contributed by atoms with Crippen molar-refractivity contribution in [2.75, 3.05) is 37.4 Å². The maximum atomic E-state index is 14.1. The van der Waals surface area contributed by atoms with Crippen molar-refractivity contribution in [3.8, 4) is 0 Å². The fraction of sp³-hybridized carbons (Fsp3) is 0.786. The molecule has 2 aliphatic heterocycles. The van der Waals surface area contributed by atoms with Crippen molar-refractivity contribution in [1.29, 1.82) is 0 Å². The number of rotatable bonds is 6. The summed E-state index contributed by atoms with van der Waals surface area (Å²) in [5, 5.41) is 10.1. The van der Waals surface area contributed by atoms with Gasteiger partial charge in [0.15, 0.2) is 0 Å². The molecule has 3 heterocycles. The first kappa shape index (κ1) is 28.8. The van der Waals surface area contributed by atoms with Gasteiger partial charge in [-0.25, -0.2) is 4.79 Å². The van der Waals surface area contributed by atoms with Crippen LogP contribution in [0.25, 0.3) is 0 Å². The molecule has 1 amide bonds. The molecule has 3 fully saturated rings. The topological polar surface area (TPSA) is 87.2 Å². The van der Waals surface area contributed by atoms with Crippen LogP contribution in [0, 0.1) is 11.8 Å². The van der Waals surface area contributed by atoms with Crippen molar-refractivity contribution < 1.29 is 23.8 Å². The van der Waals surface area contributed by atoms with E-state index < -0.39 is 13.3 Å². The van der Waals surface area contributed by atoms with Crippen LogP contribution in [0.1, 0.15) is 93.6 Å². The quantitative estimate of drug-likeness (QED) is 0.408. The fourth-order valence-electron chi connectivity index (χ4n) is 6.29. The molecular weight excluding hydrogens is 507 g/mol. The molecule has 2 saturated heterocycles. The van der Waals surface area contributed by atoms with Gasteiger partial charge in [-0.3, -0.25) is 9.36 Å². The third-order valence-corrected chi connectivity index (χ3v) is 12.9. The summed E-state index contributed by atoms with van der Waals surface area (Å²) in [6, 6.07) is 2.38. The van der Waals surface area contributed by atoms with Gasteiger partial charge in [0.25, 0.3) is 0 Å². The lowest BCUT2D eigenvalue weighted by Crippen LogP contribution is -2.52. The van der Waals surface area contributed by atoms with E-state index in [1.165, 1.54) is 11.3 Å². The third-order valence-electron chi connectivity index (χ3n) is 8.83. The molecule has 0 atom stereocenters. The van der Waals surface area contributed by atoms with Gasteiger partial charge in [-0.15, -0.1) is 11.3 Å². The number of hydrogen-bond acceptors (Lipinski definition) is 6. The van der Waals surface area contributed by atoms with E-state index in [0.29, 0.717) is 30.0 Å². The number of amides is 1. The summed E-state index contributed by atoms with van der Waals surface area (Å²) in [7, 11) is -0.883. The lowest BCUT2D eigenvalue weighted by molar-refractivity contribution is -0.124. The number of hydrogen-bond donors (Lipinski definition) is 1. The number of thiophene rings is 1. The molecule has 0 bridgehead atoms. The van der Waals surface area contributed by atoms with Crippen LogP contribution in [0.4, 0.5) is 5.69 Å². The Bertz CT molecular complexity index is 1010. The molecule has 4 rings (SSSR count). The van der Waals surface area contributed by atoms with E-state index in [1.54, 1.807) is 7.11 Å². The molecule has 3 aliphatic rings. The average molecular weight is 553 g/mol. The number of nitrogens with zero attached hydrogens (tertiary/aromatic N) is 2. The van der Waals surface area contributed by atoms with Crippen molar-refractivity contribution in [3.05, 3.63) is 15.8 Å². The highest BCUT2D eigenvalue weighted by molar-refractivity contribution is 7.59. The van der Waals surface area contributed by atoms with Crippen LogP contribution in [-0.4, -0.2) is 66.5 Å². The summed E-state index contributed by atoms with van der Waals surface area (Å²) in [5.74, 6) is -0.221. The Labute approximate surface area is 226 Å². The Balaban J connectivity index is 1.56. The van der Waals surface area contributed by atoms with Crippen LogP contribution < -0.4 is 4.90 Å². The van der Waals surface area contributed by atoms with Crippen LogP contribution in [0.5, 0.6) is 0 Å². The second-order valence-corrected chi connectivity index (χ2v) is 16.4. The predicted octanol–water partition coefficient (Wildman–Crippen LogP) is 6.45. The molecule has 0 aromatic carbocycles. The first-order valence-corrected chi connectivity index (χ1v) is 16.8. The molecule has 1 aromatic rings. The number of carbonyl (C=O) groups is 2. The number of aromatic carboxylic acids is 1. The van der Waals surface area contributed by atoms with Gasteiger partial charge in [-0.05, 0) is 68.8 Å². The molecule has 0 spiro atoms. The summed E-state index contributed by atoms with van der Waals surface area (Å²) in [6.45, 7) is 10.3. The van der Waals surface area contributed by atoms with Gasteiger partial charge in [-0.2, -0.15) is 0 Å². The minimum atomic E-state index is -2.44. The molecule has 1 saturated carbocycles. The number of anilines is 1. The number of carboxylic acids is 1. The predicted molar refractivity (Wildman–Crippen MR) is 151 cm³/mol. The maximum Gasteiger partial charge on any atom is 0.348 e. The molecule has 1 aliphatic carbocycles. The summed E-state index contributed by atoms with van der Waals surface area (Å²) >= 11 is 1.31. The van der Waals surface area contributed by atoms with E-state index in [0.717, 1.165) is 69.3 Å². The monoisotopic (exact) mass is 552 g/mol. The molecule has 1 N–H and O–H groups in total. The normalized spacial score (nSPS) is 30.2. The number of likely N-dealkylation sites (tertiary alicyclic amines) is 1. The molecule has 1 aromatic heterocycles. The van der Waals surface area contributed by atoms with Crippen LogP contribution in [0.3, 0.4) is 0 Å². The highest BCUT2D eigenvalue weighted by Crippen LogP contribution is 2.51. The standard InChI is InChI=1S/C28H45N2O5PS/c1-19-6-8-20(9-7-19)26(31)30(23-18-24(28(2,3)4)37-25(23)27(32)33)22-10-14-29(15-11-22)21-12-16-36(34,35-5)17-13-21/h18-22H,6-17H2,1-5H3,(H,32,33)/t19-,20-,21?,36?. The zero-order chi connectivity index (χ0) is 27.0. The van der Waals surface area contributed by atoms with Crippen LogP contribution in [-0.2, 0) is 19.3 Å². The van der Waals surface area contributed by atoms with Gasteiger partial charge in [-0.1, -0.05) is 27.7 Å². The second-order valence-electron chi connectivity index (χ2n) is 12.5. The Morgan fingerprint density at radius 3 is 2.16 bits per heavy atom. The molecular formula is C28H45N2O5PS. The third kappa shape index (κ3) is 6.51. The van der Waals surface area contributed by atoms with Gasteiger partial charge in [0, 0.05) is 55.4 Å². The largest absolute Gasteiger partial charge is 0.477 e. The molecule has 7 nitrogen and oxygen atoms in total. The van der Waals surface area contributed by atoms with E-state index in [1.807, 2.05) is 11.0 Å². The minimum Gasteiger partial charge on any atom is -0.477 e. The second kappa shape index (κ2) is 11.5. The number of carbonyl (C=O) groups excluding carboxylic acids is 1. The Hall–Kier alpha value is -1.21. The Kier molecular flexibility index (Phi) is 8.94. The first-order valence-electron chi connectivity index (χ1n) is 14.0. The molecule has 9 heteroatoms. The van der Waals surface area contributed by atoms with E-state index >= 15 is 0 Å². The van der Waals surface area contributed by atoms with E-state index in [9.17, 15) is 19.3 Å². The van der Waals surface area contributed by atoms with Gasteiger partial charge in [0.1, 0.15) is 4.88 Å². The lowest BCUT2D eigenvalue weighted by atomic mass is 9.81. The molecule has 208 valence electrons. The van der Waals surface area contributed by atoms with Crippen molar-refractivity contribution in [3.63, 3.8) is 0 Å². The van der Waals surface area contributed by atoms with Crippen molar-refractivity contribution in [2.24, 2.45) is 11.8 Å². The van der Waals surface area contributed by atoms with Crippen LogP contribution >= 0.6 is 18.7 Å². The van der Waals surface area contributed by atoms with Gasteiger partial charge >= 0.3 is 5.97 Å². The maximum absolute atomic E-state index is 14.1. The smallest absolute Gasteiger partial charge is 0.348 e. The van der Waals surface area contributed by atoms with Gasteiger partial charge in [0.2, 0.25) is 13.3 Å². The van der Waals surface area contributed by atoms with Crippen LogP contribution in [0.15, 0.2) is 6.07 Å². The van der Waals surface area contributed by atoms with E-state index in [-0.39, 0.29) is 28.2 Å². The number of carboxylic acid groups (broad SMARTS) is 1. The van der Waals surface area contributed by atoms with Crippen molar-refractivity contribution >= 4 is 36.3 Å². The highest BCUT2D eigenvalue weighted by Gasteiger charge is 2.40. The number of piperidine rings is 1.